The fourth-order valence-corrected chi connectivity index (χ4v) is 7.17. The molecule has 1 aliphatic heterocycles. The average Bonchev–Trinajstić information content (AvgIpc) is 3.79. The molecule has 0 amide bonds. The molecule has 4 atom stereocenters. The number of hydrogen-bond acceptors (Lipinski definition) is 5. The highest BCUT2D eigenvalue weighted by Gasteiger charge is 2.62. The maximum atomic E-state index is 16.7. The smallest absolute Gasteiger partial charge is 0.418 e. The van der Waals surface area contributed by atoms with Gasteiger partial charge in [-0.15, -0.1) is 0 Å². The topological polar surface area (TPSA) is 113 Å². The maximum Gasteiger partial charge on any atom is 0.418 e. The molecule has 3 saturated carbocycles. The quantitative estimate of drug-likeness (QED) is 0.242. The van der Waals surface area contributed by atoms with Gasteiger partial charge in [0.05, 0.1) is 28.4 Å². The molecular weight excluding hydrogens is 540 g/mol. The van der Waals surface area contributed by atoms with Crippen molar-refractivity contribution in [1.29, 1.82) is 0 Å². The number of aliphatic carboxylic acids is 1. The summed E-state index contributed by atoms with van der Waals surface area (Å²) in [6, 6.07) is 1.17. The Kier molecular flexibility index (Phi) is 5.35. The highest BCUT2D eigenvalue weighted by atomic mass is 35.5. The van der Waals surface area contributed by atoms with E-state index in [0.717, 1.165) is 37.8 Å². The van der Waals surface area contributed by atoms with Crippen LogP contribution in [0.3, 0.4) is 0 Å². The van der Waals surface area contributed by atoms with Crippen LogP contribution in [0.15, 0.2) is 12.1 Å². The van der Waals surface area contributed by atoms with Crippen molar-refractivity contribution in [2.75, 3.05) is 12.3 Å². The molecule has 0 spiro atoms. The van der Waals surface area contributed by atoms with Crippen LogP contribution in [0.2, 0.25) is 5.02 Å². The van der Waals surface area contributed by atoms with Crippen LogP contribution in [0, 0.1) is 17.7 Å². The third-order valence-corrected chi connectivity index (χ3v) is 9.02. The number of aliphatic hydroxyl groups excluding tert-OH is 1. The predicted octanol–water partition coefficient (Wildman–Crippen LogP) is 5.19. The predicted molar refractivity (Wildman–Crippen MR) is 135 cm³/mol. The molecule has 1 aromatic carbocycles. The SMILES string of the molecule is Nc1cc(Cl)c(C(F)(F)F)c(-c2nc(C3CC3)c3c([C@@H]4[C@H]5CN[C@H](C(=O)O)[C@H]54)c(CO)n(C4CC4)c3c2F)c1. The molecule has 4 fully saturated rings. The van der Waals surface area contributed by atoms with Gasteiger partial charge in [0, 0.05) is 34.3 Å². The standard InChI is InChI=1S/C27H25ClF4N4O3/c28-14-6-10(33)5-12(20(14)27(30,31)32)23-21(29)25-19(22(35-23)9-1-2-9)18(15(8-37)36(25)11-3-4-11)16-13-7-34-24(17(13)16)26(38)39/h5-6,9,11,13,16-17,24,34,37H,1-4,7-8,33H2,(H,38,39)/t13-,16-,17-,24+/m1/s1. The number of nitrogens with one attached hydrogen (secondary N) is 1. The molecule has 3 heterocycles. The fourth-order valence-electron chi connectivity index (χ4n) is 6.83. The molecule has 206 valence electrons. The minimum atomic E-state index is -4.88. The number of carboxylic acid groups (broad SMARTS) is 1. The number of carbonyl (C=O) groups is 1. The number of pyridine rings is 1. The number of aliphatic hydroxyl groups is 1. The van der Waals surface area contributed by atoms with Crippen molar-refractivity contribution in [3.05, 3.63) is 45.5 Å². The van der Waals surface area contributed by atoms with Crippen molar-refractivity contribution in [2.24, 2.45) is 11.8 Å². The second kappa shape index (κ2) is 8.31. The van der Waals surface area contributed by atoms with Gasteiger partial charge in [0.1, 0.15) is 11.7 Å². The Morgan fingerprint density at radius 1 is 1.23 bits per heavy atom. The molecule has 7 nitrogen and oxygen atoms in total. The minimum Gasteiger partial charge on any atom is -0.480 e. The largest absolute Gasteiger partial charge is 0.480 e. The van der Waals surface area contributed by atoms with Crippen LogP contribution in [-0.2, 0) is 17.6 Å². The number of halogens is 5. The van der Waals surface area contributed by atoms with Crippen molar-refractivity contribution >= 4 is 34.2 Å². The summed E-state index contributed by atoms with van der Waals surface area (Å²) in [6.45, 7) is 0.0785. The summed E-state index contributed by atoms with van der Waals surface area (Å²) in [5.74, 6) is -2.39. The van der Waals surface area contributed by atoms with Gasteiger partial charge >= 0.3 is 12.1 Å². The van der Waals surface area contributed by atoms with Crippen LogP contribution in [0.1, 0.15) is 66.1 Å². The lowest BCUT2D eigenvalue weighted by Crippen LogP contribution is -2.35. The second-order valence-electron chi connectivity index (χ2n) is 11.2. The van der Waals surface area contributed by atoms with Gasteiger partial charge in [-0.25, -0.2) is 9.37 Å². The van der Waals surface area contributed by atoms with Crippen LogP contribution in [0.5, 0.6) is 0 Å². The molecule has 0 radical (unpaired) electrons. The van der Waals surface area contributed by atoms with Gasteiger partial charge in [0.25, 0.3) is 0 Å². The summed E-state index contributed by atoms with van der Waals surface area (Å²) in [5, 5.41) is 23.2. The first-order valence-corrected chi connectivity index (χ1v) is 13.4. The molecule has 1 saturated heterocycles. The lowest BCUT2D eigenvalue weighted by Gasteiger charge is -2.18. The first-order chi connectivity index (χ1) is 18.5. The number of benzene rings is 1. The molecule has 4 aliphatic rings. The van der Waals surface area contributed by atoms with E-state index < -0.39 is 52.5 Å². The number of alkyl halides is 3. The van der Waals surface area contributed by atoms with E-state index in [-0.39, 0.29) is 40.9 Å². The second-order valence-corrected chi connectivity index (χ2v) is 11.6. The minimum absolute atomic E-state index is 0.00834. The Morgan fingerprint density at radius 2 is 1.95 bits per heavy atom. The van der Waals surface area contributed by atoms with E-state index in [2.05, 4.69) is 10.3 Å². The Hall–Kier alpha value is -2.89. The lowest BCUT2D eigenvalue weighted by molar-refractivity contribution is -0.139. The Labute approximate surface area is 224 Å². The van der Waals surface area contributed by atoms with Crippen LogP contribution in [-0.4, -0.2) is 38.3 Å². The van der Waals surface area contributed by atoms with E-state index in [1.54, 1.807) is 4.57 Å². The third kappa shape index (κ3) is 3.69. The van der Waals surface area contributed by atoms with Crippen LogP contribution in [0.4, 0.5) is 23.2 Å². The molecular formula is C27H25ClF4N4O3. The van der Waals surface area contributed by atoms with Crippen molar-refractivity contribution in [3.8, 4) is 11.3 Å². The summed E-state index contributed by atoms with van der Waals surface area (Å²) < 4.78 is 60.9. The fraction of sp³-hybridized carbons (Fsp3) is 0.481. The van der Waals surface area contributed by atoms with Gasteiger partial charge in [-0.1, -0.05) is 11.6 Å². The van der Waals surface area contributed by atoms with E-state index in [1.807, 2.05) is 0 Å². The number of nitrogens with zero attached hydrogens (tertiary/aromatic N) is 2. The van der Waals surface area contributed by atoms with E-state index >= 15 is 4.39 Å². The van der Waals surface area contributed by atoms with Crippen molar-refractivity contribution in [1.82, 2.24) is 14.9 Å². The number of nitrogen functional groups attached to an aromatic ring is 1. The van der Waals surface area contributed by atoms with Gasteiger partial charge in [-0.05, 0) is 67.7 Å². The summed E-state index contributed by atoms with van der Waals surface area (Å²) in [4.78, 5) is 16.4. The third-order valence-electron chi connectivity index (χ3n) is 8.72. The number of piperidine rings is 1. The van der Waals surface area contributed by atoms with E-state index in [4.69, 9.17) is 17.3 Å². The normalized spacial score (nSPS) is 26.3. The molecule has 7 rings (SSSR count). The van der Waals surface area contributed by atoms with Gasteiger partial charge in [-0.2, -0.15) is 13.2 Å². The van der Waals surface area contributed by atoms with Crippen LogP contribution in [0.25, 0.3) is 22.2 Å². The summed E-state index contributed by atoms with van der Waals surface area (Å²) in [6.07, 6.45) is -1.92. The molecule has 3 aliphatic carbocycles. The Balaban J connectivity index is 1.54. The average molecular weight is 565 g/mol. The number of anilines is 1. The number of aromatic nitrogens is 2. The zero-order chi connectivity index (χ0) is 27.5. The van der Waals surface area contributed by atoms with Crippen LogP contribution >= 0.6 is 11.6 Å². The van der Waals surface area contributed by atoms with Crippen molar-refractivity contribution in [2.45, 2.75) is 62.4 Å². The monoisotopic (exact) mass is 564 g/mol. The van der Waals surface area contributed by atoms with E-state index in [1.165, 1.54) is 0 Å². The first-order valence-electron chi connectivity index (χ1n) is 13.0. The zero-order valence-electron chi connectivity index (χ0n) is 20.5. The summed E-state index contributed by atoms with van der Waals surface area (Å²) in [7, 11) is 0. The van der Waals surface area contributed by atoms with Crippen molar-refractivity contribution < 1.29 is 32.6 Å². The van der Waals surface area contributed by atoms with Gasteiger partial charge in [0.15, 0.2) is 5.82 Å². The molecule has 0 bridgehead atoms. The maximum absolute atomic E-state index is 16.7. The van der Waals surface area contributed by atoms with E-state index in [9.17, 15) is 28.2 Å². The van der Waals surface area contributed by atoms with Crippen LogP contribution < -0.4 is 11.1 Å². The molecule has 2 aromatic heterocycles. The number of fused-ring (bicyclic) bond motifs is 2. The highest BCUT2D eigenvalue weighted by molar-refractivity contribution is 6.32. The number of hydrogen-bond donors (Lipinski definition) is 4. The van der Waals surface area contributed by atoms with E-state index in [0.29, 0.717) is 28.9 Å². The molecule has 12 heteroatoms. The Bertz CT molecular complexity index is 1560. The molecule has 5 N–H and O–H groups in total. The number of rotatable bonds is 6. The first kappa shape index (κ1) is 25.1. The van der Waals surface area contributed by atoms with Gasteiger partial charge in [0.2, 0.25) is 0 Å². The molecule has 39 heavy (non-hydrogen) atoms. The number of nitrogens with two attached hydrogens (primary N) is 1. The summed E-state index contributed by atoms with van der Waals surface area (Å²) in [5.41, 5.74) is 5.42. The number of carboxylic acids is 1. The zero-order valence-corrected chi connectivity index (χ0v) is 21.3. The lowest BCUT2D eigenvalue weighted by atomic mass is 9.96. The highest BCUT2D eigenvalue weighted by Crippen LogP contribution is 2.63. The summed E-state index contributed by atoms with van der Waals surface area (Å²) >= 11 is 6.00. The van der Waals surface area contributed by atoms with Crippen molar-refractivity contribution in [3.63, 3.8) is 0 Å². The Morgan fingerprint density at radius 3 is 2.54 bits per heavy atom. The van der Waals surface area contributed by atoms with Gasteiger partial charge in [-0.3, -0.25) is 4.79 Å². The molecule has 0 unspecified atom stereocenters. The van der Waals surface area contributed by atoms with Gasteiger partial charge < -0.3 is 25.8 Å². The molecule has 3 aromatic rings.